The summed E-state index contributed by atoms with van der Waals surface area (Å²) in [5, 5.41) is 0. The van der Waals surface area contributed by atoms with Gasteiger partial charge in [0.2, 0.25) is 5.91 Å². The van der Waals surface area contributed by atoms with Crippen molar-refractivity contribution in [3.8, 4) is 0 Å². The van der Waals surface area contributed by atoms with Gasteiger partial charge in [-0.3, -0.25) is 4.79 Å². The van der Waals surface area contributed by atoms with Crippen molar-refractivity contribution in [2.75, 3.05) is 0 Å². The fourth-order valence-corrected chi connectivity index (χ4v) is 3.75. The molecule has 1 aliphatic heterocycles. The standard InChI is InChI=1S/C7H10ClNO3S/c1-7(5-2-3-5)4-6(10)9(7)13(8,11)12/h5H,2-4H2,1H3. The van der Waals surface area contributed by atoms with E-state index in [0.717, 1.165) is 17.1 Å². The zero-order valence-electron chi connectivity index (χ0n) is 7.16. The van der Waals surface area contributed by atoms with Gasteiger partial charge in [0, 0.05) is 10.7 Å². The van der Waals surface area contributed by atoms with E-state index in [1.165, 1.54) is 0 Å². The molecule has 0 aromatic heterocycles. The van der Waals surface area contributed by atoms with Crippen molar-refractivity contribution in [1.29, 1.82) is 0 Å². The Morgan fingerprint density at radius 3 is 2.38 bits per heavy atom. The third-order valence-corrected chi connectivity index (χ3v) is 4.35. The lowest BCUT2D eigenvalue weighted by molar-refractivity contribution is -0.145. The summed E-state index contributed by atoms with van der Waals surface area (Å²) in [4.78, 5) is 11.1. The molecule has 1 amide bonds. The molecule has 0 spiro atoms. The number of rotatable bonds is 2. The minimum Gasteiger partial charge on any atom is -0.274 e. The summed E-state index contributed by atoms with van der Waals surface area (Å²) in [6.45, 7) is 1.78. The van der Waals surface area contributed by atoms with Crippen LogP contribution in [0.15, 0.2) is 0 Å². The van der Waals surface area contributed by atoms with Gasteiger partial charge in [0.15, 0.2) is 0 Å². The highest BCUT2D eigenvalue weighted by molar-refractivity contribution is 8.12. The molecule has 6 heteroatoms. The fraction of sp³-hybridized carbons (Fsp3) is 0.857. The predicted octanol–water partition coefficient (Wildman–Crippen LogP) is 0.871. The van der Waals surface area contributed by atoms with Gasteiger partial charge in [-0.25, -0.2) is 4.31 Å². The topological polar surface area (TPSA) is 54.5 Å². The van der Waals surface area contributed by atoms with Crippen LogP contribution in [0.5, 0.6) is 0 Å². The highest BCUT2D eigenvalue weighted by Crippen LogP contribution is 2.51. The van der Waals surface area contributed by atoms with E-state index in [4.69, 9.17) is 10.7 Å². The maximum Gasteiger partial charge on any atom is 0.324 e. The van der Waals surface area contributed by atoms with Gasteiger partial charge in [-0.05, 0) is 25.7 Å². The van der Waals surface area contributed by atoms with E-state index >= 15 is 0 Å². The van der Waals surface area contributed by atoms with Crippen molar-refractivity contribution in [1.82, 2.24) is 4.31 Å². The molecule has 2 fully saturated rings. The van der Waals surface area contributed by atoms with E-state index in [9.17, 15) is 13.2 Å². The molecule has 0 radical (unpaired) electrons. The Morgan fingerprint density at radius 2 is 2.08 bits per heavy atom. The Balaban J connectivity index is 2.30. The van der Waals surface area contributed by atoms with Crippen LogP contribution in [0.1, 0.15) is 26.2 Å². The highest BCUT2D eigenvalue weighted by atomic mass is 35.7. The molecule has 1 atom stereocenters. The average molecular weight is 224 g/mol. The van der Waals surface area contributed by atoms with Crippen LogP contribution in [-0.2, 0) is 14.0 Å². The molecular formula is C7H10ClNO3S. The van der Waals surface area contributed by atoms with Crippen LogP contribution >= 0.6 is 10.7 Å². The first-order chi connectivity index (χ1) is 5.86. The van der Waals surface area contributed by atoms with Crippen molar-refractivity contribution < 1.29 is 13.2 Å². The second-order valence-corrected chi connectivity index (χ2v) is 6.27. The van der Waals surface area contributed by atoms with Crippen LogP contribution in [0.3, 0.4) is 0 Å². The second kappa shape index (κ2) is 2.39. The normalized spacial score (nSPS) is 34.6. The summed E-state index contributed by atoms with van der Waals surface area (Å²) in [6, 6.07) is 0. The molecule has 13 heavy (non-hydrogen) atoms. The zero-order valence-corrected chi connectivity index (χ0v) is 8.73. The number of nitrogens with zero attached hydrogens (tertiary/aromatic N) is 1. The largest absolute Gasteiger partial charge is 0.324 e. The Labute approximate surface area is 81.4 Å². The molecule has 0 N–H and O–H groups in total. The van der Waals surface area contributed by atoms with Gasteiger partial charge in [0.05, 0.1) is 12.0 Å². The summed E-state index contributed by atoms with van der Waals surface area (Å²) in [7, 11) is 1.29. The number of amides is 1. The first-order valence-electron chi connectivity index (χ1n) is 4.13. The Kier molecular flexibility index (Phi) is 1.70. The minimum atomic E-state index is -3.87. The van der Waals surface area contributed by atoms with Gasteiger partial charge in [-0.1, -0.05) is 0 Å². The van der Waals surface area contributed by atoms with Crippen LogP contribution in [0.2, 0.25) is 0 Å². The van der Waals surface area contributed by atoms with Crippen molar-refractivity contribution in [3.63, 3.8) is 0 Å². The summed E-state index contributed by atoms with van der Waals surface area (Å²) in [5.74, 6) is -0.0666. The number of hydrogen-bond donors (Lipinski definition) is 0. The average Bonchev–Trinajstić information content (AvgIpc) is 2.60. The maximum absolute atomic E-state index is 11.1. The lowest BCUT2D eigenvalue weighted by Crippen LogP contribution is -2.64. The van der Waals surface area contributed by atoms with E-state index < -0.39 is 14.8 Å². The molecular weight excluding hydrogens is 214 g/mol. The van der Waals surface area contributed by atoms with E-state index in [1.807, 2.05) is 0 Å². The summed E-state index contributed by atoms with van der Waals surface area (Å²) < 4.78 is 22.9. The molecule has 4 nitrogen and oxygen atoms in total. The van der Waals surface area contributed by atoms with Crippen molar-refractivity contribution >= 4 is 25.8 Å². The molecule has 1 saturated heterocycles. The lowest BCUT2D eigenvalue weighted by Gasteiger charge is -2.47. The van der Waals surface area contributed by atoms with Gasteiger partial charge < -0.3 is 0 Å². The van der Waals surface area contributed by atoms with Crippen molar-refractivity contribution in [2.24, 2.45) is 5.92 Å². The Hall–Kier alpha value is -0.290. The number of hydrogen-bond acceptors (Lipinski definition) is 3. The van der Waals surface area contributed by atoms with E-state index in [2.05, 4.69) is 0 Å². The molecule has 2 aliphatic rings. The molecule has 1 unspecified atom stereocenters. The summed E-state index contributed by atoms with van der Waals surface area (Å²) in [5.41, 5.74) is -0.530. The molecule has 0 bridgehead atoms. The number of carbonyl (C=O) groups is 1. The summed E-state index contributed by atoms with van der Waals surface area (Å²) >= 11 is 0. The van der Waals surface area contributed by atoms with Crippen molar-refractivity contribution in [2.45, 2.75) is 31.7 Å². The van der Waals surface area contributed by atoms with Crippen LogP contribution in [0.25, 0.3) is 0 Å². The SMILES string of the molecule is CC1(C2CC2)CC(=O)N1S(=O)(=O)Cl. The molecule has 0 aromatic carbocycles. The molecule has 74 valence electrons. The molecule has 0 aromatic rings. The van der Waals surface area contributed by atoms with Gasteiger partial charge in [-0.15, -0.1) is 0 Å². The molecule has 2 rings (SSSR count). The number of halogens is 1. The fourth-order valence-electron chi connectivity index (χ4n) is 2.03. The zero-order chi connectivity index (χ0) is 9.85. The van der Waals surface area contributed by atoms with Crippen LogP contribution < -0.4 is 0 Å². The van der Waals surface area contributed by atoms with Crippen LogP contribution in [-0.4, -0.2) is 24.2 Å². The number of carbonyl (C=O) groups excluding carboxylic acids is 1. The van der Waals surface area contributed by atoms with Crippen LogP contribution in [0, 0.1) is 5.92 Å². The van der Waals surface area contributed by atoms with E-state index in [-0.39, 0.29) is 5.91 Å². The van der Waals surface area contributed by atoms with E-state index in [0.29, 0.717) is 12.3 Å². The van der Waals surface area contributed by atoms with Crippen molar-refractivity contribution in [3.05, 3.63) is 0 Å². The quantitative estimate of drug-likeness (QED) is 0.516. The second-order valence-electron chi connectivity index (χ2n) is 3.91. The third kappa shape index (κ3) is 1.25. The number of β-lactam (4-membered cyclic amide) rings is 1. The predicted molar refractivity (Wildman–Crippen MR) is 47.4 cm³/mol. The molecule has 1 heterocycles. The van der Waals surface area contributed by atoms with E-state index in [1.54, 1.807) is 6.92 Å². The lowest BCUT2D eigenvalue weighted by atomic mass is 9.84. The van der Waals surface area contributed by atoms with Gasteiger partial charge in [-0.2, -0.15) is 8.42 Å². The Morgan fingerprint density at radius 1 is 1.54 bits per heavy atom. The first kappa shape index (κ1) is 9.27. The highest BCUT2D eigenvalue weighted by Gasteiger charge is 2.60. The molecule has 1 aliphatic carbocycles. The smallest absolute Gasteiger partial charge is 0.274 e. The monoisotopic (exact) mass is 223 g/mol. The first-order valence-corrected chi connectivity index (χ1v) is 6.40. The van der Waals surface area contributed by atoms with Gasteiger partial charge in [0.25, 0.3) is 0 Å². The summed E-state index contributed by atoms with van der Waals surface area (Å²) in [6.07, 6.45) is 2.29. The Bertz CT molecular complexity index is 362. The van der Waals surface area contributed by atoms with Gasteiger partial charge in [0.1, 0.15) is 0 Å². The minimum absolute atomic E-state index is 0.309. The maximum atomic E-state index is 11.1. The van der Waals surface area contributed by atoms with Gasteiger partial charge >= 0.3 is 9.24 Å². The molecule has 1 saturated carbocycles. The third-order valence-electron chi connectivity index (χ3n) is 2.87. The van der Waals surface area contributed by atoms with Crippen LogP contribution in [0.4, 0.5) is 0 Å².